The summed E-state index contributed by atoms with van der Waals surface area (Å²) in [5.41, 5.74) is 12.0. The van der Waals surface area contributed by atoms with E-state index in [0.717, 1.165) is 22.4 Å². The molecule has 0 aliphatic carbocycles. The van der Waals surface area contributed by atoms with Crippen molar-refractivity contribution >= 4 is 43.2 Å². The second-order valence-electron chi connectivity index (χ2n) is 12.8. The molecule has 4 heteroatoms. The van der Waals surface area contributed by atoms with Crippen LogP contribution in [0.3, 0.4) is 0 Å². The number of fused-ring (bicyclic) bond motifs is 3. The second kappa shape index (κ2) is 12.7. The van der Waals surface area contributed by atoms with Gasteiger partial charge in [-0.05, 0) is 86.3 Å². The zero-order chi connectivity index (χ0) is 31.4. The Labute approximate surface area is 294 Å². The average molecular weight is 804 g/mol. The molecule has 2 heterocycles. The molecule has 0 aliphatic rings. The molecule has 2 nitrogen and oxygen atoms in total. The van der Waals surface area contributed by atoms with Crippen molar-refractivity contribution in [3.63, 3.8) is 0 Å². The number of para-hydroxylation sites is 2. The molecule has 0 unspecified atom stereocenters. The largest absolute Gasteiger partial charge is 0.333 e. The van der Waals surface area contributed by atoms with E-state index in [4.69, 9.17) is 4.98 Å². The first kappa shape index (κ1) is 31.3. The molecule has 0 saturated carbocycles. The van der Waals surface area contributed by atoms with E-state index in [0.29, 0.717) is 11.8 Å². The van der Waals surface area contributed by atoms with E-state index in [9.17, 15) is 0 Å². The zero-order valence-electron chi connectivity index (χ0n) is 26.9. The number of imidazole rings is 1. The van der Waals surface area contributed by atoms with Crippen molar-refractivity contribution in [1.29, 1.82) is 0 Å². The van der Waals surface area contributed by atoms with Crippen LogP contribution in [-0.4, -0.2) is 9.55 Å². The Balaban J connectivity index is 0.00000351. The van der Waals surface area contributed by atoms with Crippen LogP contribution < -0.4 is 0 Å². The summed E-state index contributed by atoms with van der Waals surface area (Å²) in [6.45, 7) is 9.22. The fraction of sp³-hybridized carbons (Fsp3) is 0.140. The molecule has 8 aromatic rings. The third-order valence-electron chi connectivity index (χ3n) is 9.12. The topological polar surface area (TPSA) is 17.8 Å². The first-order valence-electron chi connectivity index (χ1n) is 16.1. The monoisotopic (exact) mass is 804 g/mol. The van der Waals surface area contributed by atoms with Gasteiger partial charge in [-0.3, -0.25) is 16.3 Å². The average Bonchev–Trinajstić information content (AvgIpc) is 3.68. The molecule has 8 rings (SSSR count). The molecule has 0 amide bonds. The van der Waals surface area contributed by atoms with Gasteiger partial charge in [0.05, 0.1) is 16.9 Å². The van der Waals surface area contributed by atoms with Crippen LogP contribution in [0.15, 0.2) is 127 Å². The quantitative estimate of drug-likeness (QED) is 0.153. The summed E-state index contributed by atoms with van der Waals surface area (Å²) in [4.78, 5) is 5.34. The standard InChI is InChI=1S/C43H35N2S.Ir/c1-27(2)35-24-34(29-12-6-5-7-13-29)25-36(28(3)4)42(35)45-40-17-11-10-16-39(40)44-43(45)38-26-46-41-21-20-33(23-37(38)41)32-19-18-30-14-8-9-15-31(30)22-32;/h5-25,27-28H,1-4H3;/q-1;. The van der Waals surface area contributed by atoms with Crippen LogP contribution in [0.2, 0.25) is 0 Å². The number of hydrogen-bond donors (Lipinski definition) is 0. The molecule has 0 fully saturated rings. The Hall–Kier alpha value is -4.34. The molecule has 2 aromatic heterocycles. The minimum atomic E-state index is 0. The van der Waals surface area contributed by atoms with Crippen molar-refractivity contribution in [3.05, 3.63) is 144 Å². The minimum Gasteiger partial charge on any atom is -0.333 e. The molecule has 233 valence electrons. The van der Waals surface area contributed by atoms with Gasteiger partial charge in [0, 0.05) is 25.8 Å². The minimum absolute atomic E-state index is 0. The van der Waals surface area contributed by atoms with E-state index in [1.165, 1.54) is 59.9 Å². The zero-order valence-corrected chi connectivity index (χ0v) is 30.1. The molecule has 0 N–H and O–H groups in total. The summed E-state index contributed by atoms with van der Waals surface area (Å²) in [6, 6.07) is 46.2. The number of benzene rings is 6. The van der Waals surface area contributed by atoms with E-state index in [-0.39, 0.29) is 20.1 Å². The number of thiophene rings is 1. The van der Waals surface area contributed by atoms with Crippen LogP contribution in [0.5, 0.6) is 0 Å². The van der Waals surface area contributed by atoms with E-state index in [1.807, 2.05) is 0 Å². The maximum absolute atomic E-state index is 5.34. The third kappa shape index (κ3) is 5.55. The van der Waals surface area contributed by atoms with Gasteiger partial charge in [-0.2, -0.15) is 0 Å². The fourth-order valence-corrected chi connectivity index (χ4v) is 7.55. The molecule has 0 aliphatic heterocycles. The number of hydrogen-bond acceptors (Lipinski definition) is 2. The smallest absolute Gasteiger partial charge is 0.0774 e. The van der Waals surface area contributed by atoms with E-state index in [1.54, 1.807) is 11.3 Å². The summed E-state index contributed by atoms with van der Waals surface area (Å²) < 4.78 is 3.64. The third-order valence-corrected chi connectivity index (χ3v) is 10.0. The fourth-order valence-electron chi connectivity index (χ4n) is 6.73. The van der Waals surface area contributed by atoms with Crippen molar-refractivity contribution in [3.8, 4) is 39.3 Å². The maximum Gasteiger partial charge on any atom is 0.0774 e. The molecule has 0 atom stereocenters. The number of rotatable bonds is 6. The van der Waals surface area contributed by atoms with Crippen molar-refractivity contribution in [2.75, 3.05) is 0 Å². The van der Waals surface area contributed by atoms with Crippen LogP contribution >= 0.6 is 11.3 Å². The Morgan fingerprint density at radius 2 is 1.23 bits per heavy atom. The molecule has 1 radical (unpaired) electrons. The summed E-state index contributed by atoms with van der Waals surface area (Å²) in [5, 5.41) is 7.39. The van der Waals surface area contributed by atoms with E-state index in [2.05, 4.69) is 165 Å². The van der Waals surface area contributed by atoms with Crippen LogP contribution in [-0.2, 0) is 20.1 Å². The van der Waals surface area contributed by atoms with Crippen molar-refractivity contribution in [2.24, 2.45) is 0 Å². The Morgan fingerprint density at radius 3 is 1.98 bits per heavy atom. The van der Waals surface area contributed by atoms with Gasteiger partial charge < -0.3 is 4.57 Å². The van der Waals surface area contributed by atoms with Gasteiger partial charge in [-0.1, -0.05) is 140 Å². The molecular formula is C43H35IrN2S-. The first-order chi connectivity index (χ1) is 22.5. The predicted octanol–water partition coefficient (Wildman–Crippen LogP) is 12.4. The van der Waals surface area contributed by atoms with Crippen LogP contribution in [0, 0.1) is 5.38 Å². The maximum atomic E-state index is 5.34. The van der Waals surface area contributed by atoms with Crippen LogP contribution in [0.4, 0.5) is 0 Å². The SMILES string of the molecule is CC(C)c1cc(-c2ccccc2)cc(C(C)C)c1-n1c(-c2[c-]sc3ccc(-c4ccc5ccccc5c4)cc23)nc2ccccc21.[Ir]. The summed E-state index contributed by atoms with van der Waals surface area (Å²) in [5.74, 6) is 1.57. The number of aromatic nitrogens is 2. The van der Waals surface area contributed by atoms with Gasteiger partial charge in [-0.15, -0.1) is 5.39 Å². The van der Waals surface area contributed by atoms with Crippen molar-refractivity contribution in [1.82, 2.24) is 9.55 Å². The van der Waals surface area contributed by atoms with E-state index < -0.39 is 0 Å². The molecular weight excluding hydrogens is 769 g/mol. The molecule has 6 aromatic carbocycles. The molecule has 0 saturated heterocycles. The van der Waals surface area contributed by atoms with Gasteiger partial charge in [0.1, 0.15) is 0 Å². The molecule has 0 bridgehead atoms. The Bertz CT molecular complexity index is 2350. The van der Waals surface area contributed by atoms with Gasteiger partial charge in [0.2, 0.25) is 0 Å². The summed E-state index contributed by atoms with van der Waals surface area (Å²) in [6.07, 6.45) is 0. The van der Waals surface area contributed by atoms with Crippen molar-refractivity contribution < 1.29 is 20.1 Å². The normalized spacial score (nSPS) is 11.6. The van der Waals surface area contributed by atoms with Crippen LogP contribution in [0.1, 0.15) is 50.7 Å². The van der Waals surface area contributed by atoms with Crippen LogP contribution in [0.25, 0.3) is 71.2 Å². The second-order valence-corrected chi connectivity index (χ2v) is 13.6. The van der Waals surface area contributed by atoms with E-state index >= 15 is 0 Å². The van der Waals surface area contributed by atoms with Crippen molar-refractivity contribution in [2.45, 2.75) is 39.5 Å². The Kier molecular flexibility index (Phi) is 8.44. The van der Waals surface area contributed by atoms with Gasteiger partial charge in [-0.25, -0.2) is 0 Å². The Morgan fingerprint density at radius 1 is 0.596 bits per heavy atom. The molecule has 0 spiro atoms. The van der Waals surface area contributed by atoms with Gasteiger partial charge in [0.15, 0.2) is 0 Å². The summed E-state index contributed by atoms with van der Waals surface area (Å²) in [7, 11) is 0. The predicted molar refractivity (Wildman–Crippen MR) is 197 cm³/mol. The van der Waals surface area contributed by atoms with Gasteiger partial charge >= 0.3 is 0 Å². The number of nitrogens with zero attached hydrogens (tertiary/aromatic N) is 2. The first-order valence-corrected chi connectivity index (χ1v) is 16.9. The van der Waals surface area contributed by atoms with Gasteiger partial charge in [0.25, 0.3) is 0 Å². The molecule has 47 heavy (non-hydrogen) atoms. The summed E-state index contributed by atoms with van der Waals surface area (Å²) >= 11 is 1.67.